The van der Waals surface area contributed by atoms with Crippen LogP contribution in [0.15, 0.2) is 42.7 Å². The average Bonchev–Trinajstić information content (AvgIpc) is 3.04. The van der Waals surface area contributed by atoms with E-state index in [1.165, 1.54) is 12.4 Å². The Morgan fingerprint density at radius 3 is 2.73 bits per heavy atom. The maximum absolute atomic E-state index is 12.8. The molecule has 7 heteroatoms. The van der Waals surface area contributed by atoms with E-state index in [4.69, 9.17) is 15.6 Å². The fraction of sp³-hybridized carbons (Fsp3) is 0.263. The highest BCUT2D eigenvalue weighted by atomic mass is 16.5. The molecule has 1 saturated heterocycles. The summed E-state index contributed by atoms with van der Waals surface area (Å²) in [5, 5.41) is 14.9. The molecule has 1 aromatic carbocycles. The Morgan fingerprint density at radius 2 is 2.08 bits per heavy atom. The Kier molecular flexibility index (Phi) is 5.26. The molecule has 134 valence electrons. The van der Waals surface area contributed by atoms with Crippen LogP contribution in [-0.2, 0) is 6.54 Å². The topological polar surface area (TPSA) is 93.4 Å². The lowest BCUT2D eigenvalue weighted by molar-refractivity contribution is 0.218. The van der Waals surface area contributed by atoms with E-state index in [0.717, 1.165) is 16.8 Å². The predicted octanol–water partition coefficient (Wildman–Crippen LogP) is 2.92. The quantitative estimate of drug-likeness (QED) is 0.751. The molecule has 26 heavy (non-hydrogen) atoms. The largest absolute Gasteiger partial charge is 0.496 e. The molecule has 0 atom stereocenters. The smallest absolute Gasteiger partial charge is 0.324 e. The van der Waals surface area contributed by atoms with Gasteiger partial charge in [0, 0.05) is 61.8 Å². The number of ether oxygens (including phenoxy) is 1. The second kappa shape index (κ2) is 7.77. The summed E-state index contributed by atoms with van der Waals surface area (Å²) in [4.78, 5) is 20.4. The summed E-state index contributed by atoms with van der Waals surface area (Å²) in [6.45, 7) is 1.77. The molecular weight excluding hydrogens is 330 g/mol. The van der Waals surface area contributed by atoms with Gasteiger partial charge in [-0.1, -0.05) is 12.1 Å². The molecular formula is C19H21N5O2. The van der Waals surface area contributed by atoms with E-state index >= 15 is 0 Å². The number of carbonyl (C=O) groups is 1. The Morgan fingerprint density at radius 1 is 1.27 bits per heavy atom. The van der Waals surface area contributed by atoms with Crippen LogP contribution in [-0.4, -0.2) is 48.5 Å². The minimum absolute atomic E-state index is 0.0562. The van der Waals surface area contributed by atoms with Crippen molar-refractivity contribution < 1.29 is 9.53 Å². The zero-order chi connectivity index (χ0) is 18.5. The summed E-state index contributed by atoms with van der Waals surface area (Å²) in [5.74, 6) is 0.133. The number of nitrogens with one attached hydrogen (secondary N) is 2. The highest BCUT2D eigenvalue weighted by Crippen LogP contribution is 2.31. The van der Waals surface area contributed by atoms with Crippen molar-refractivity contribution in [1.29, 1.82) is 10.8 Å². The molecule has 1 aromatic heterocycles. The van der Waals surface area contributed by atoms with Crippen LogP contribution in [0.5, 0.6) is 5.75 Å². The number of amides is 2. The summed E-state index contributed by atoms with van der Waals surface area (Å²) in [6.07, 6.45) is 5.87. The van der Waals surface area contributed by atoms with Crippen LogP contribution in [0.4, 0.5) is 10.5 Å². The van der Waals surface area contributed by atoms with Gasteiger partial charge in [0.25, 0.3) is 0 Å². The van der Waals surface area contributed by atoms with Gasteiger partial charge in [-0.25, -0.2) is 4.79 Å². The predicted molar refractivity (Wildman–Crippen MR) is 101 cm³/mol. The van der Waals surface area contributed by atoms with E-state index in [0.29, 0.717) is 25.4 Å². The van der Waals surface area contributed by atoms with Crippen molar-refractivity contribution in [2.45, 2.75) is 12.5 Å². The second-order valence-electron chi connectivity index (χ2n) is 6.00. The van der Waals surface area contributed by atoms with Gasteiger partial charge in [-0.15, -0.1) is 0 Å². The van der Waals surface area contributed by atoms with Gasteiger partial charge in [0.1, 0.15) is 5.75 Å². The fourth-order valence-corrected chi connectivity index (χ4v) is 3.05. The molecule has 1 fully saturated rings. The third-order valence-corrected chi connectivity index (χ3v) is 4.44. The molecule has 0 bridgehead atoms. The van der Waals surface area contributed by atoms with Crippen LogP contribution in [0.1, 0.15) is 17.0 Å². The van der Waals surface area contributed by atoms with Crippen LogP contribution in [0.2, 0.25) is 0 Å². The minimum Gasteiger partial charge on any atom is -0.496 e. The molecule has 0 unspecified atom stereocenters. The zero-order valence-corrected chi connectivity index (χ0v) is 14.6. The molecule has 2 amide bonds. The Labute approximate surface area is 152 Å². The number of hydrogen-bond acceptors (Lipinski definition) is 5. The van der Waals surface area contributed by atoms with E-state index in [9.17, 15) is 4.79 Å². The number of anilines is 1. The van der Waals surface area contributed by atoms with Crippen LogP contribution < -0.4 is 9.64 Å². The summed E-state index contributed by atoms with van der Waals surface area (Å²) in [7, 11) is 1.55. The Bertz CT molecular complexity index is 801. The van der Waals surface area contributed by atoms with Gasteiger partial charge >= 0.3 is 6.03 Å². The van der Waals surface area contributed by atoms with Gasteiger partial charge in [0.05, 0.1) is 13.0 Å². The SMILES string of the molecule is COc1cc(N2CCN(Cc3cccnc3)C2=O)ccc1C(C=N)C=N. The van der Waals surface area contributed by atoms with Crippen LogP contribution >= 0.6 is 0 Å². The summed E-state index contributed by atoms with van der Waals surface area (Å²) >= 11 is 0. The third kappa shape index (κ3) is 3.42. The first-order chi connectivity index (χ1) is 12.7. The lowest BCUT2D eigenvalue weighted by Gasteiger charge is -2.20. The molecule has 2 N–H and O–H groups in total. The number of urea groups is 1. The third-order valence-electron chi connectivity index (χ3n) is 4.44. The van der Waals surface area contributed by atoms with Crippen molar-refractivity contribution in [3.05, 3.63) is 53.9 Å². The van der Waals surface area contributed by atoms with Gasteiger partial charge in [-0.3, -0.25) is 9.88 Å². The number of benzene rings is 1. The second-order valence-corrected chi connectivity index (χ2v) is 6.00. The van der Waals surface area contributed by atoms with E-state index in [1.54, 1.807) is 35.4 Å². The van der Waals surface area contributed by atoms with Crippen molar-refractivity contribution >= 4 is 24.1 Å². The Balaban J connectivity index is 1.80. The molecule has 2 aromatic rings. The zero-order valence-electron chi connectivity index (χ0n) is 14.6. The van der Waals surface area contributed by atoms with Crippen LogP contribution in [0.25, 0.3) is 0 Å². The molecule has 0 radical (unpaired) electrons. The summed E-state index contributed by atoms with van der Waals surface area (Å²) in [5.41, 5.74) is 2.48. The molecule has 3 rings (SSSR count). The standard InChI is InChI=1S/C19H21N5O2/c1-26-18-9-16(4-5-17(18)15(10-20)11-21)24-8-7-23(19(24)25)13-14-3-2-6-22-12-14/h2-6,9-12,15,20-21H,7-8,13H2,1H3. The molecule has 0 aliphatic carbocycles. The molecule has 7 nitrogen and oxygen atoms in total. The monoisotopic (exact) mass is 351 g/mol. The van der Waals surface area contributed by atoms with Gasteiger partial charge in [0.2, 0.25) is 0 Å². The van der Waals surface area contributed by atoms with E-state index in [2.05, 4.69) is 4.98 Å². The van der Waals surface area contributed by atoms with Crippen LogP contribution in [0, 0.1) is 10.8 Å². The first-order valence-electron chi connectivity index (χ1n) is 8.32. The lowest BCUT2D eigenvalue weighted by Crippen LogP contribution is -2.31. The van der Waals surface area contributed by atoms with Crippen LogP contribution in [0.3, 0.4) is 0 Å². The van der Waals surface area contributed by atoms with E-state index in [1.807, 2.05) is 24.3 Å². The molecule has 1 aliphatic rings. The van der Waals surface area contributed by atoms with Crippen molar-refractivity contribution in [3.63, 3.8) is 0 Å². The molecule has 0 spiro atoms. The summed E-state index contributed by atoms with van der Waals surface area (Å²) < 4.78 is 5.42. The normalized spacial score (nSPS) is 15.0. The number of rotatable bonds is 7. The highest BCUT2D eigenvalue weighted by molar-refractivity contribution is 5.95. The first-order valence-corrected chi connectivity index (χ1v) is 8.32. The number of hydrogen-bond donors (Lipinski definition) is 2. The number of aromatic nitrogens is 1. The van der Waals surface area contributed by atoms with E-state index in [-0.39, 0.29) is 6.03 Å². The van der Waals surface area contributed by atoms with Gasteiger partial charge < -0.3 is 20.5 Å². The summed E-state index contributed by atoms with van der Waals surface area (Å²) in [6, 6.07) is 9.20. The molecule has 0 saturated carbocycles. The maximum Gasteiger partial charge on any atom is 0.324 e. The number of methoxy groups -OCH3 is 1. The molecule has 2 heterocycles. The minimum atomic E-state index is -0.435. The maximum atomic E-state index is 12.8. The van der Waals surface area contributed by atoms with Gasteiger partial charge in [-0.05, 0) is 17.7 Å². The first kappa shape index (κ1) is 17.6. The lowest BCUT2D eigenvalue weighted by atomic mass is 10.00. The molecule has 1 aliphatic heterocycles. The van der Waals surface area contributed by atoms with Gasteiger partial charge in [-0.2, -0.15) is 0 Å². The average molecular weight is 351 g/mol. The Hall–Kier alpha value is -3.22. The van der Waals surface area contributed by atoms with Crippen molar-refractivity contribution in [3.8, 4) is 5.75 Å². The fourth-order valence-electron chi connectivity index (χ4n) is 3.05. The highest BCUT2D eigenvalue weighted by Gasteiger charge is 2.30. The number of pyridine rings is 1. The van der Waals surface area contributed by atoms with E-state index < -0.39 is 5.92 Å². The number of nitrogens with zero attached hydrogens (tertiary/aromatic N) is 3. The van der Waals surface area contributed by atoms with Crippen molar-refractivity contribution in [2.24, 2.45) is 0 Å². The van der Waals surface area contributed by atoms with Gasteiger partial charge in [0.15, 0.2) is 0 Å². The van der Waals surface area contributed by atoms with Crippen molar-refractivity contribution in [2.75, 3.05) is 25.1 Å². The van der Waals surface area contributed by atoms with Crippen molar-refractivity contribution in [1.82, 2.24) is 9.88 Å². The number of carbonyl (C=O) groups excluding carboxylic acids is 1.